The van der Waals surface area contributed by atoms with Crippen LogP contribution in [0.25, 0.3) is 10.9 Å². The van der Waals surface area contributed by atoms with Crippen molar-refractivity contribution in [3.05, 3.63) is 36.5 Å². The van der Waals surface area contributed by atoms with Gasteiger partial charge in [-0.2, -0.15) is 4.31 Å². The van der Waals surface area contributed by atoms with E-state index in [1.165, 1.54) is 4.31 Å². The molecule has 1 aliphatic heterocycles. The number of fused-ring (bicyclic) bond motifs is 1. The molecule has 1 fully saturated rings. The van der Waals surface area contributed by atoms with Crippen LogP contribution < -0.4 is 0 Å². The molecule has 8 heteroatoms. The quantitative estimate of drug-likeness (QED) is 0.792. The second-order valence-electron chi connectivity index (χ2n) is 6.48. The Hall–Kier alpha value is -1.51. The molecular weight excluding hydrogens is 360 g/mol. The summed E-state index contributed by atoms with van der Waals surface area (Å²) in [7, 11) is -7.06. The summed E-state index contributed by atoms with van der Waals surface area (Å²) in [5.74, 6) is -0.0807. The van der Waals surface area contributed by atoms with Crippen LogP contribution in [0.4, 0.5) is 0 Å². The van der Waals surface area contributed by atoms with Crippen LogP contribution in [-0.2, 0) is 19.9 Å². The van der Waals surface area contributed by atoms with E-state index in [0.29, 0.717) is 18.4 Å². The molecule has 1 aromatic carbocycles. The van der Waals surface area contributed by atoms with Crippen LogP contribution in [0.2, 0.25) is 0 Å². The number of nitrogens with zero attached hydrogens (tertiary/aromatic N) is 2. The van der Waals surface area contributed by atoms with Gasteiger partial charge >= 0.3 is 0 Å². The molecule has 3 rings (SSSR count). The van der Waals surface area contributed by atoms with E-state index in [1.807, 2.05) is 26.0 Å². The molecule has 0 N–H and O–H groups in total. The summed E-state index contributed by atoms with van der Waals surface area (Å²) in [5, 5.41) is 0.742. The number of pyridine rings is 1. The minimum Gasteiger partial charge on any atom is -0.255 e. The van der Waals surface area contributed by atoms with Gasteiger partial charge in [0.05, 0.1) is 17.0 Å². The van der Waals surface area contributed by atoms with Crippen molar-refractivity contribution in [1.82, 2.24) is 9.29 Å². The lowest BCUT2D eigenvalue weighted by Gasteiger charge is -2.32. The Kier molecular flexibility index (Phi) is 4.87. The summed E-state index contributed by atoms with van der Waals surface area (Å²) in [6.07, 6.45) is 2.51. The normalized spacial score (nSPS) is 21.6. The van der Waals surface area contributed by atoms with E-state index in [-0.39, 0.29) is 22.4 Å². The van der Waals surface area contributed by atoms with Crippen LogP contribution in [-0.4, -0.2) is 49.7 Å². The first kappa shape index (κ1) is 18.3. The standard InChI is InChI=1S/C17H22N2O4S2/c1-3-13(2)19(15-9-11-24(20,21)12-15)25(22,23)16-8-4-6-14-7-5-10-18-17(14)16/h4-8,10,13,15H,3,9,11-12H2,1-2H3/t13-,15+/m0/s1. The lowest BCUT2D eigenvalue weighted by atomic mass is 10.2. The Morgan fingerprint density at radius 3 is 2.64 bits per heavy atom. The number of rotatable bonds is 5. The lowest BCUT2D eigenvalue weighted by Crippen LogP contribution is -2.46. The molecule has 2 heterocycles. The second kappa shape index (κ2) is 6.66. The molecule has 2 aromatic rings. The fraction of sp³-hybridized carbons (Fsp3) is 0.471. The highest BCUT2D eigenvalue weighted by molar-refractivity contribution is 7.92. The van der Waals surface area contributed by atoms with Crippen LogP contribution in [0.15, 0.2) is 41.4 Å². The smallest absolute Gasteiger partial charge is 0.245 e. The van der Waals surface area contributed by atoms with E-state index in [1.54, 1.807) is 24.4 Å². The molecule has 136 valence electrons. The Balaban J connectivity index is 2.14. The van der Waals surface area contributed by atoms with Gasteiger partial charge in [-0.15, -0.1) is 0 Å². The molecule has 6 nitrogen and oxygen atoms in total. The molecule has 1 aromatic heterocycles. The van der Waals surface area contributed by atoms with Crippen LogP contribution in [0.3, 0.4) is 0 Å². The van der Waals surface area contributed by atoms with Crippen LogP contribution >= 0.6 is 0 Å². The Morgan fingerprint density at radius 1 is 1.28 bits per heavy atom. The molecule has 0 radical (unpaired) electrons. The second-order valence-corrected chi connectivity index (χ2v) is 10.5. The van der Waals surface area contributed by atoms with Crippen molar-refractivity contribution in [2.75, 3.05) is 11.5 Å². The van der Waals surface area contributed by atoms with E-state index < -0.39 is 25.9 Å². The van der Waals surface area contributed by atoms with Crippen molar-refractivity contribution >= 4 is 30.8 Å². The van der Waals surface area contributed by atoms with Gasteiger partial charge in [0.1, 0.15) is 4.90 Å². The van der Waals surface area contributed by atoms with Gasteiger partial charge in [0.2, 0.25) is 10.0 Å². The number of aromatic nitrogens is 1. The largest absolute Gasteiger partial charge is 0.255 e. The third-order valence-corrected chi connectivity index (χ3v) is 8.59. The summed E-state index contributed by atoms with van der Waals surface area (Å²) in [6.45, 7) is 3.72. The van der Waals surface area contributed by atoms with Gasteiger partial charge in [-0.1, -0.05) is 25.1 Å². The van der Waals surface area contributed by atoms with E-state index in [4.69, 9.17) is 0 Å². The Morgan fingerprint density at radius 2 is 2.00 bits per heavy atom. The summed E-state index contributed by atoms with van der Waals surface area (Å²) >= 11 is 0. The Labute approximate surface area is 148 Å². The number of sulfone groups is 1. The van der Waals surface area contributed by atoms with Gasteiger partial charge in [0.25, 0.3) is 0 Å². The zero-order valence-electron chi connectivity index (χ0n) is 14.3. The number of sulfonamides is 1. The van der Waals surface area contributed by atoms with Crippen molar-refractivity contribution in [2.24, 2.45) is 0 Å². The molecule has 25 heavy (non-hydrogen) atoms. The van der Waals surface area contributed by atoms with Crippen LogP contribution in [0, 0.1) is 0 Å². The molecule has 0 saturated carbocycles. The molecule has 1 saturated heterocycles. The number of benzene rings is 1. The predicted molar refractivity (Wildman–Crippen MR) is 97.6 cm³/mol. The monoisotopic (exact) mass is 382 g/mol. The molecule has 0 spiro atoms. The molecular formula is C17H22N2O4S2. The SMILES string of the molecule is CC[C@H](C)N([C@@H]1CCS(=O)(=O)C1)S(=O)(=O)c1cccc2cccnc12. The predicted octanol–water partition coefficient (Wildman–Crippen LogP) is 2.21. The average molecular weight is 383 g/mol. The number of hydrogen-bond acceptors (Lipinski definition) is 5. The lowest BCUT2D eigenvalue weighted by molar-refractivity contribution is 0.271. The van der Waals surface area contributed by atoms with Gasteiger partial charge in [-0.3, -0.25) is 4.98 Å². The van der Waals surface area contributed by atoms with Gasteiger partial charge in [0, 0.05) is 23.7 Å². The molecule has 0 aliphatic carbocycles. The van der Waals surface area contributed by atoms with Crippen LogP contribution in [0.1, 0.15) is 26.7 Å². The van der Waals surface area contributed by atoms with Crippen molar-refractivity contribution in [2.45, 2.75) is 43.7 Å². The highest BCUT2D eigenvalue weighted by Crippen LogP contribution is 2.31. The van der Waals surface area contributed by atoms with E-state index >= 15 is 0 Å². The summed E-state index contributed by atoms with van der Waals surface area (Å²) in [5.41, 5.74) is 0.416. The maximum Gasteiger partial charge on any atom is 0.245 e. The molecule has 0 bridgehead atoms. The average Bonchev–Trinajstić information content (AvgIpc) is 2.93. The van der Waals surface area contributed by atoms with E-state index in [2.05, 4.69) is 4.98 Å². The van der Waals surface area contributed by atoms with Gasteiger partial charge in [0.15, 0.2) is 9.84 Å². The number of hydrogen-bond donors (Lipinski definition) is 0. The van der Waals surface area contributed by atoms with Gasteiger partial charge in [-0.05, 0) is 31.9 Å². The molecule has 1 aliphatic rings. The van der Waals surface area contributed by atoms with E-state index in [0.717, 1.165) is 5.39 Å². The van der Waals surface area contributed by atoms with Crippen molar-refractivity contribution in [3.8, 4) is 0 Å². The summed E-state index contributed by atoms with van der Waals surface area (Å²) in [4.78, 5) is 4.38. The van der Waals surface area contributed by atoms with Crippen molar-refractivity contribution in [1.29, 1.82) is 0 Å². The first-order valence-corrected chi connectivity index (χ1v) is 11.6. The summed E-state index contributed by atoms with van der Waals surface area (Å²) in [6, 6.07) is 7.81. The summed E-state index contributed by atoms with van der Waals surface area (Å²) < 4.78 is 52.1. The molecule has 0 amide bonds. The molecule has 2 atom stereocenters. The van der Waals surface area contributed by atoms with Crippen molar-refractivity contribution < 1.29 is 16.8 Å². The minimum atomic E-state index is -3.87. The zero-order chi connectivity index (χ0) is 18.2. The maximum absolute atomic E-state index is 13.4. The Bertz CT molecular complexity index is 981. The highest BCUT2D eigenvalue weighted by atomic mass is 32.2. The van der Waals surface area contributed by atoms with Gasteiger partial charge in [-0.25, -0.2) is 16.8 Å². The fourth-order valence-electron chi connectivity index (χ4n) is 3.35. The third-order valence-electron chi connectivity index (χ3n) is 4.74. The third kappa shape index (κ3) is 3.43. The first-order valence-electron chi connectivity index (χ1n) is 8.34. The van der Waals surface area contributed by atoms with Crippen molar-refractivity contribution in [3.63, 3.8) is 0 Å². The topological polar surface area (TPSA) is 84.4 Å². The first-order chi connectivity index (χ1) is 11.8. The zero-order valence-corrected chi connectivity index (χ0v) is 15.9. The fourth-order valence-corrected chi connectivity index (χ4v) is 7.24. The number of para-hydroxylation sites is 1. The highest BCUT2D eigenvalue weighted by Gasteiger charge is 2.41. The van der Waals surface area contributed by atoms with Crippen LogP contribution in [0.5, 0.6) is 0 Å². The van der Waals surface area contributed by atoms with Gasteiger partial charge < -0.3 is 0 Å². The molecule has 0 unspecified atom stereocenters. The minimum absolute atomic E-state index is 0.0356. The van der Waals surface area contributed by atoms with E-state index in [9.17, 15) is 16.8 Å². The maximum atomic E-state index is 13.4.